The van der Waals surface area contributed by atoms with Crippen molar-refractivity contribution in [1.82, 2.24) is 0 Å². The third-order valence-electron chi connectivity index (χ3n) is 1.71. The van der Waals surface area contributed by atoms with Gasteiger partial charge in [0.15, 0.2) is 0 Å². The van der Waals surface area contributed by atoms with E-state index in [0.29, 0.717) is 10.3 Å². The maximum absolute atomic E-state index is 10.6. The van der Waals surface area contributed by atoms with Gasteiger partial charge in [0.2, 0.25) is 0 Å². The van der Waals surface area contributed by atoms with E-state index in [4.69, 9.17) is 4.74 Å². The van der Waals surface area contributed by atoms with E-state index in [-0.39, 0.29) is 12.1 Å². The van der Waals surface area contributed by atoms with Gasteiger partial charge in [-0.3, -0.25) is 4.79 Å². The quantitative estimate of drug-likeness (QED) is 0.427. The molecule has 2 atom stereocenters. The van der Waals surface area contributed by atoms with Crippen LogP contribution in [0.2, 0.25) is 0 Å². The topological polar surface area (TPSA) is 26.3 Å². The third-order valence-corrected chi connectivity index (χ3v) is 3.39. The van der Waals surface area contributed by atoms with Crippen LogP contribution in [0.25, 0.3) is 0 Å². The number of halogens is 1. The van der Waals surface area contributed by atoms with Crippen molar-refractivity contribution in [1.29, 1.82) is 0 Å². The second-order valence-corrected chi connectivity index (χ2v) is 4.09. The Morgan fingerprint density at radius 1 is 1.90 bits per heavy atom. The van der Waals surface area contributed by atoms with Crippen molar-refractivity contribution in [3.05, 3.63) is 0 Å². The summed E-state index contributed by atoms with van der Waals surface area (Å²) in [7, 11) is 0. The molecule has 1 rings (SSSR count). The SMILES string of the molecule is CC[C@H](I)[C@H]1CCC(=O)O1. The van der Waals surface area contributed by atoms with Crippen LogP contribution in [-0.2, 0) is 9.53 Å². The second kappa shape index (κ2) is 3.55. The summed E-state index contributed by atoms with van der Waals surface area (Å²) < 4.78 is 5.57. The summed E-state index contributed by atoms with van der Waals surface area (Å²) in [5.41, 5.74) is 0. The average molecular weight is 254 g/mol. The number of carbonyl (C=O) groups is 1. The molecule has 0 aliphatic carbocycles. The normalized spacial score (nSPS) is 28.2. The number of cyclic esters (lactones) is 1. The fourth-order valence-corrected chi connectivity index (χ4v) is 1.57. The highest BCUT2D eigenvalue weighted by atomic mass is 127. The minimum Gasteiger partial charge on any atom is -0.461 e. The van der Waals surface area contributed by atoms with Crippen molar-refractivity contribution < 1.29 is 9.53 Å². The van der Waals surface area contributed by atoms with E-state index in [9.17, 15) is 4.79 Å². The van der Waals surface area contributed by atoms with Gasteiger partial charge in [0, 0.05) is 10.3 Å². The first-order valence-electron chi connectivity index (χ1n) is 3.57. The smallest absolute Gasteiger partial charge is 0.306 e. The lowest BCUT2D eigenvalue weighted by Gasteiger charge is -2.13. The predicted molar refractivity (Wildman–Crippen MR) is 47.2 cm³/mol. The molecule has 0 spiro atoms. The van der Waals surface area contributed by atoms with Gasteiger partial charge in [-0.2, -0.15) is 0 Å². The van der Waals surface area contributed by atoms with Crippen LogP contribution >= 0.6 is 22.6 Å². The van der Waals surface area contributed by atoms with Crippen LogP contribution in [0.3, 0.4) is 0 Å². The monoisotopic (exact) mass is 254 g/mol. The molecule has 1 aliphatic rings. The molecule has 0 amide bonds. The summed E-state index contributed by atoms with van der Waals surface area (Å²) in [6, 6.07) is 0. The zero-order valence-corrected chi connectivity index (χ0v) is 8.13. The zero-order chi connectivity index (χ0) is 7.56. The van der Waals surface area contributed by atoms with E-state index in [0.717, 1.165) is 12.8 Å². The zero-order valence-electron chi connectivity index (χ0n) is 5.97. The van der Waals surface area contributed by atoms with E-state index in [1.165, 1.54) is 0 Å². The van der Waals surface area contributed by atoms with Crippen molar-refractivity contribution in [3.8, 4) is 0 Å². The molecule has 1 aliphatic heterocycles. The molecule has 1 saturated heterocycles. The van der Waals surface area contributed by atoms with Gasteiger partial charge in [-0.25, -0.2) is 0 Å². The van der Waals surface area contributed by atoms with Crippen LogP contribution in [0.1, 0.15) is 26.2 Å². The predicted octanol–water partition coefficient (Wildman–Crippen LogP) is 1.91. The summed E-state index contributed by atoms with van der Waals surface area (Å²) in [5, 5.41) is 0. The number of hydrogen-bond donors (Lipinski definition) is 0. The van der Waals surface area contributed by atoms with Crippen LogP contribution in [0.15, 0.2) is 0 Å². The number of rotatable bonds is 2. The molecule has 58 valence electrons. The first kappa shape index (κ1) is 8.30. The summed E-state index contributed by atoms with van der Waals surface area (Å²) in [4.78, 5) is 10.6. The van der Waals surface area contributed by atoms with Gasteiger partial charge in [-0.1, -0.05) is 29.5 Å². The highest BCUT2D eigenvalue weighted by Gasteiger charge is 2.27. The summed E-state index contributed by atoms with van der Waals surface area (Å²) >= 11 is 2.34. The van der Waals surface area contributed by atoms with Crippen LogP contribution in [0, 0.1) is 0 Å². The fraction of sp³-hybridized carbons (Fsp3) is 0.857. The minimum absolute atomic E-state index is 0.0277. The van der Waals surface area contributed by atoms with Crippen LogP contribution in [0.4, 0.5) is 0 Å². The fourth-order valence-electron chi connectivity index (χ4n) is 1.06. The summed E-state index contributed by atoms with van der Waals surface area (Å²) in [6.07, 6.45) is 2.81. The average Bonchev–Trinajstić information content (AvgIpc) is 2.34. The first-order valence-corrected chi connectivity index (χ1v) is 4.82. The standard InChI is InChI=1S/C7H11IO2/c1-2-5(8)6-3-4-7(9)10-6/h5-6H,2-4H2,1H3/t5-,6+/m0/s1. The third kappa shape index (κ3) is 1.84. The lowest BCUT2D eigenvalue weighted by molar-refractivity contribution is -0.141. The molecule has 1 fully saturated rings. The number of carbonyl (C=O) groups excluding carboxylic acids is 1. The number of hydrogen-bond acceptors (Lipinski definition) is 2. The molecule has 0 N–H and O–H groups in total. The molecule has 0 aromatic rings. The van der Waals surface area contributed by atoms with Crippen LogP contribution in [0.5, 0.6) is 0 Å². The highest BCUT2D eigenvalue weighted by molar-refractivity contribution is 14.1. The molecule has 0 aromatic heterocycles. The molecule has 0 bridgehead atoms. The van der Waals surface area contributed by atoms with E-state index < -0.39 is 0 Å². The summed E-state index contributed by atoms with van der Waals surface area (Å²) in [6.45, 7) is 2.11. The minimum atomic E-state index is -0.0277. The van der Waals surface area contributed by atoms with Crippen LogP contribution in [-0.4, -0.2) is 16.0 Å². The Hall–Kier alpha value is 0.200. The van der Waals surface area contributed by atoms with Gasteiger partial charge in [0.1, 0.15) is 6.10 Å². The molecule has 10 heavy (non-hydrogen) atoms. The van der Waals surface area contributed by atoms with E-state index in [2.05, 4.69) is 29.5 Å². The molecule has 0 aromatic carbocycles. The number of alkyl halides is 1. The molecule has 0 radical (unpaired) electrons. The van der Waals surface area contributed by atoms with Gasteiger partial charge < -0.3 is 4.74 Å². The van der Waals surface area contributed by atoms with Gasteiger partial charge in [-0.05, 0) is 12.8 Å². The first-order chi connectivity index (χ1) is 4.74. The maximum atomic E-state index is 10.6. The Morgan fingerprint density at radius 2 is 2.60 bits per heavy atom. The van der Waals surface area contributed by atoms with Crippen molar-refractivity contribution >= 4 is 28.6 Å². The van der Waals surface area contributed by atoms with Gasteiger partial charge in [0.25, 0.3) is 0 Å². The van der Waals surface area contributed by atoms with Crippen molar-refractivity contribution in [3.63, 3.8) is 0 Å². The number of ether oxygens (including phenoxy) is 1. The second-order valence-electron chi connectivity index (χ2n) is 2.49. The van der Waals surface area contributed by atoms with Crippen molar-refractivity contribution in [2.45, 2.75) is 36.2 Å². The Labute approximate surface area is 74.5 Å². The lowest BCUT2D eigenvalue weighted by Crippen LogP contribution is -2.18. The van der Waals surface area contributed by atoms with Gasteiger partial charge >= 0.3 is 5.97 Å². The highest BCUT2D eigenvalue weighted by Crippen LogP contribution is 2.23. The molecule has 0 unspecified atom stereocenters. The largest absolute Gasteiger partial charge is 0.461 e. The van der Waals surface area contributed by atoms with Crippen molar-refractivity contribution in [2.75, 3.05) is 0 Å². The van der Waals surface area contributed by atoms with Crippen molar-refractivity contribution in [2.24, 2.45) is 0 Å². The Balaban J connectivity index is 2.36. The van der Waals surface area contributed by atoms with E-state index >= 15 is 0 Å². The molecule has 3 heteroatoms. The molecule has 0 saturated carbocycles. The van der Waals surface area contributed by atoms with Crippen LogP contribution < -0.4 is 0 Å². The Bertz CT molecular complexity index is 136. The molecule has 1 heterocycles. The van der Waals surface area contributed by atoms with Gasteiger partial charge in [-0.15, -0.1) is 0 Å². The molecule has 2 nitrogen and oxygen atoms in total. The Kier molecular flexibility index (Phi) is 2.95. The Morgan fingerprint density at radius 3 is 3.00 bits per heavy atom. The number of esters is 1. The molecular weight excluding hydrogens is 243 g/mol. The lowest BCUT2D eigenvalue weighted by atomic mass is 10.1. The van der Waals surface area contributed by atoms with E-state index in [1.54, 1.807) is 0 Å². The summed E-state index contributed by atoms with van der Waals surface area (Å²) in [5.74, 6) is -0.0277. The maximum Gasteiger partial charge on any atom is 0.306 e. The van der Waals surface area contributed by atoms with Gasteiger partial charge in [0.05, 0.1) is 0 Å². The van der Waals surface area contributed by atoms with E-state index in [1.807, 2.05) is 0 Å². The molecular formula is C7H11IO2.